The van der Waals surface area contributed by atoms with Crippen molar-refractivity contribution >= 4 is 10.9 Å². The fourth-order valence-electron chi connectivity index (χ4n) is 5.60. The molecule has 0 bridgehead atoms. The van der Waals surface area contributed by atoms with Crippen LogP contribution in [0.4, 0.5) is 0 Å². The normalized spacial score (nSPS) is 22.9. The lowest BCUT2D eigenvalue weighted by Crippen LogP contribution is -2.53. The summed E-state index contributed by atoms with van der Waals surface area (Å²) in [6, 6.07) is 18.1. The van der Waals surface area contributed by atoms with Crippen LogP contribution < -0.4 is 4.74 Å². The van der Waals surface area contributed by atoms with Crippen molar-refractivity contribution in [1.82, 2.24) is 14.8 Å². The van der Waals surface area contributed by atoms with E-state index in [2.05, 4.69) is 89.0 Å². The van der Waals surface area contributed by atoms with Gasteiger partial charge in [0.15, 0.2) is 0 Å². The molecule has 0 amide bonds. The zero-order valence-electron chi connectivity index (χ0n) is 19.0. The van der Waals surface area contributed by atoms with Gasteiger partial charge in [-0.05, 0) is 61.7 Å². The van der Waals surface area contributed by atoms with Crippen LogP contribution in [0, 0.1) is 0 Å². The molecule has 4 nitrogen and oxygen atoms in total. The molecule has 3 aromatic rings. The Morgan fingerprint density at radius 3 is 2.62 bits per heavy atom. The third-order valence-electron chi connectivity index (χ3n) is 7.21. The number of nitrogens with zero attached hydrogens (tertiary/aromatic N) is 2. The molecule has 32 heavy (non-hydrogen) atoms. The van der Waals surface area contributed by atoms with Crippen molar-refractivity contribution in [3.8, 4) is 5.75 Å². The Balaban J connectivity index is 0.00000228. The summed E-state index contributed by atoms with van der Waals surface area (Å²) in [4.78, 5) is 8.80. The van der Waals surface area contributed by atoms with Crippen molar-refractivity contribution in [3.05, 3.63) is 82.9 Å². The Morgan fingerprint density at radius 2 is 1.91 bits per heavy atom. The predicted molar refractivity (Wildman–Crippen MR) is 131 cm³/mol. The maximum Gasteiger partial charge on any atom is 0.124 e. The number of likely N-dealkylation sites (tertiary alicyclic amines) is 1. The number of aromatic amines is 1. The Hall–Kier alpha value is -2.94. The molecule has 0 saturated carbocycles. The van der Waals surface area contributed by atoms with Crippen LogP contribution in [0.3, 0.4) is 0 Å². The van der Waals surface area contributed by atoms with Crippen molar-refractivity contribution in [1.29, 1.82) is 0 Å². The van der Waals surface area contributed by atoms with E-state index in [0.717, 1.165) is 31.7 Å². The minimum atomic E-state index is 0. The van der Waals surface area contributed by atoms with Gasteiger partial charge < -0.3 is 14.6 Å². The minimum Gasteiger partial charge on any atom is -0.488 e. The molecule has 2 aliphatic heterocycles. The molecule has 0 radical (unpaired) electrons. The number of para-hydroxylation sites is 1. The first kappa shape index (κ1) is 19.7. The number of benzene rings is 2. The van der Waals surface area contributed by atoms with E-state index < -0.39 is 0 Å². The van der Waals surface area contributed by atoms with Crippen LogP contribution in [0.2, 0.25) is 0 Å². The standard InChI is InChI=1S/C28H31N3O.H2/c1-3-15-30-17-23(18-30)32-22-13-11-20(12-14-22)28-27-25(24-9-4-5-10-26(24)29-27)16-19(2)31(28)21-7-6-8-21;/h4-6,9-14,19,23,28-29H,3,7,15-18H2,1-2H3;1H/t19-,28-;/m1./s1. The van der Waals surface area contributed by atoms with Crippen molar-refractivity contribution in [2.45, 2.75) is 51.3 Å². The van der Waals surface area contributed by atoms with Crippen LogP contribution >= 0.6 is 0 Å². The van der Waals surface area contributed by atoms with Gasteiger partial charge in [-0.3, -0.25) is 4.90 Å². The number of rotatable bonds is 6. The van der Waals surface area contributed by atoms with Crippen LogP contribution in [-0.2, 0) is 6.42 Å². The lowest BCUT2D eigenvalue weighted by molar-refractivity contribution is 0.0202. The van der Waals surface area contributed by atoms with Gasteiger partial charge in [0, 0.05) is 43.6 Å². The van der Waals surface area contributed by atoms with Gasteiger partial charge in [-0.2, -0.15) is 0 Å². The molecule has 3 heterocycles. The molecule has 166 valence electrons. The summed E-state index contributed by atoms with van der Waals surface area (Å²) in [6.45, 7) is 7.84. The lowest BCUT2D eigenvalue weighted by atomic mass is 9.87. The van der Waals surface area contributed by atoms with E-state index in [0.29, 0.717) is 12.1 Å². The minimum absolute atomic E-state index is 0. The highest BCUT2D eigenvalue weighted by atomic mass is 16.5. The van der Waals surface area contributed by atoms with E-state index in [1.54, 1.807) is 0 Å². The Morgan fingerprint density at radius 1 is 1.12 bits per heavy atom. The second-order valence-corrected chi connectivity index (χ2v) is 9.49. The number of nitrogens with one attached hydrogen (secondary N) is 1. The Bertz CT molecular complexity index is 1200. The summed E-state index contributed by atoms with van der Waals surface area (Å²) < 4.78 is 6.23. The summed E-state index contributed by atoms with van der Waals surface area (Å²) in [5, 5.41) is 1.36. The van der Waals surface area contributed by atoms with Crippen LogP contribution in [0.15, 0.2) is 66.0 Å². The first-order valence-corrected chi connectivity index (χ1v) is 12.0. The third-order valence-corrected chi connectivity index (χ3v) is 7.21. The molecule has 3 aliphatic rings. The predicted octanol–water partition coefficient (Wildman–Crippen LogP) is 5.67. The Kier molecular flexibility index (Phi) is 4.86. The summed E-state index contributed by atoms with van der Waals surface area (Å²) in [5.41, 5.74) is 10.1. The highest BCUT2D eigenvalue weighted by Crippen LogP contribution is 2.44. The van der Waals surface area contributed by atoms with Gasteiger partial charge >= 0.3 is 0 Å². The zero-order chi connectivity index (χ0) is 21.7. The van der Waals surface area contributed by atoms with E-state index in [1.165, 1.54) is 46.4 Å². The summed E-state index contributed by atoms with van der Waals surface area (Å²) in [5.74, 6) is 0.977. The fraction of sp³-hybridized carbons (Fsp3) is 0.393. The summed E-state index contributed by atoms with van der Waals surface area (Å²) in [7, 11) is 0. The molecule has 1 N–H and O–H groups in total. The molecule has 1 aromatic heterocycles. The molecule has 2 atom stereocenters. The van der Waals surface area contributed by atoms with Gasteiger partial charge in [0.1, 0.15) is 11.9 Å². The van der Waals surface area contributed by atoms with E-state index in [9.17, 15) is 0 Å². The van der Waals surface area contributed by atoms with Crippen molar-refractivity contribution < 1.29 is 6.16 Å². The van der Waals surface area contributed by atoms with E-state index in [4.69, 9.17) is 4.74 Å². The van der Waals surface area contributed by atoms with Crippen molar-refractivity contribution in [2.75, 3.05) is 19.6 Å². The Labute approximate surface area is 191 Å². The number of ether oxygens (including phenoxy) is 1. The lowest BCUT2D eigenvalue weighted by Gasteiger charge is -2.44. The smallest absolute Gasteiger partial charge is 0.124 e. The molecular formula is C28H33N3O. The van der Waals surface area contributed by atoms with Crippen LogP contribution in [0.25, 0.3) is 10.9 Å². The topological polar surface area (TPSA) is 31.5 Å². The second kappa shape index (κ2) is 7.88. The van der Waals surface area contributed by atoms with Gasteiger partial charge in [0.25, 0.3) is 0 Å². The largest absolute Gasteiger partial charge is 0.488 e. The van der Waals surface area contributed by atoms with E-state index >= 15 is 0 Å². The van der Waals surface area contributed by atoms with E-state index in [-0.39, 0.29) is 7.47 Å². The van der Waals surface area contributed by atoms with Crippen molar-refractivity contribution in [3.63, 3.8) is 0 Å². The molecule has 2 aromatic carbocycles. The summed E-state index contributed by atoms with van der Waals surface area (Å²) >= 11 is 0. The molecule has 6 rings (SSSR count). The maximum absolute atomic E-state index is 6.23. The fourth-order valence-corrected chi connectivity index (χ4v) is 5.60. The molecule has 1 saturated heterocycles. The first-order chi connectivity index (χ1) is 15.7. The van der Waals surface area contributed by atoms with Crippen molar-refractivity contribution in [2.24, 2.45) is 0 Å². The SMILES string of the molecule is CCCN1CC(Oc2ccc([C@@H]3c4[nH]c5ccccc5c4C[C@@H](C)N3C3=C=CC3)cc2)C1.[HH]. The number of aromatic nitrogens is 1. The van der Waals surface area contributed by atoms with Crippen LogP contribution in [0.5, 0.6) is 5.75 Å². The quantitative estimate of drug-likeness (QED) is 0.515. The molecule has 1 fully saturated rings. The average Bonchev–Trinajstić information content (AvgIpc) is 3.10. The molecule has 1 aliphatic carbocycles. The number of hydrogen-bond acceptors (Lipinski definition) is 3. The number of H-pyrrole nitrogens is 1. The first-order valence-electron chi connectivity index (χ1n) is 12.0. The number of fused-ring (bicyclic) bond motifs is 3. The van der Waals surface area contributed by atoms with Gasteiger partial charge in [-0.1, -0.05) is 37.3 Å². The van der Waals surface area contributed by atoms with Crippen LogP contribution in [-0.4, -0.2) is 46.6 Å². The van der Waals surface area contributed by atoms with Gasteiger partial charge in [-0.25, -0.2) is 0 Å². The highest BCUT2D eigenvalue weighted by molar-refractivity contribution is 5.85. The summed E-state index contributed by atoms with van der Waals surface area (Å²) in [6.07, 6.45) is 5.73. The van der Waals surface area contributed by atoms with E-state index in [1.807, 2.05) is 0 Å². The van der Waals surface area contributed by atoms with Gasteiger partial charge in [0.2, 0.25) is 0 Å². The number of hydrogen-bond donors (Lipinski definition) is 1. The molecule has 0 unspecified atom stereocenters. The van der Waals surface area contributed by atoms with Gasteiger partial charge in [0.05, 0.1) is 11.7 Å². The highest BCUT2D eigenvalue weighted by Gasteiger charge is 2.37. The van der Waals surface area contributed by atoms with Gasteiger partial charge in [-0.15, -0.1) is 5.73 Å². The maximum atomic E-state index is 6.23. The molecule has 0 spiro atoms. The molecular weight excluding hydrogens is 394 g/mol. The van der Waals surface area contributed by atoms with Crippen LogP contribution in [0.1, 0.15) is 51.0 Å². The average molecular weight is 428 g/mol. The molecule has 4 heteroatoms. The monoisotopic (exact) mass is 427 g/mol. The zero-order valence-corrected chi connectivity index (χ0v) is 19.0. The third kappa shape index (κ3) is 3.26. The second-order valence-electron chi connectivity index (χ2n) is 9.49.